The highest BCUT2D eigenvalue weighted by atomic mass is 19.4. The maximum absolute atomic E-state index is 12.7. The number of alkyl halides is 3. The molecule has 0 unspecified atom stereocenters. The maximum Gasteiger partial charge on any atom is 0.433 e. The number of halogens is 3. The molecule has 0 aliphatic heterocycles. The summed E-state index contributed by atoms with van der Waals surface area (Å²) in [5.41, 5.74) is -0.764. The molecule has 0 N–H and O–H groups in total. The van der Waals surface area contributed by atoms with E-state index in [0.717, 1.165) is 37.8 Å². The first-order chi connectivity index (χ1) is 9.71. The molecule has 6 heteroatoms. The molecule has 1 aliphatic rings. The Morgan fingerprint density at radius 3 is 2.43 bits per heavy atom. The van der Waals surface area contributed by atoms with Crippen molar-refractivity contribution in [3.63, 3.8) is 0 Å². The van der Waals surface area contributed by atoms with Crippen LogP contribution in [0.3, 0.4) is 0 Å². The van der Waals surface area contributed by atoms with Gasteiger partial charge in [0.2, 0.25) is 5.88 Å². The third kappa shape index (κ3) is 3.87. The van der Waals surface area contributed by atoms with Gasteiger partial charge in [-0.05, 0) is 43.2 Å². The SMILES string of the molecule is CC1(C)CCC(Oc2nc(C(F)(F)F)ccc2C#N)CC1. The minimum Gasteiger partial charge on any atom is -0.473 e. The van der Waals surface area contributed by atoms with Gasteiger partial charge in [0.1, 0.15) is 23.4 Å². The van der Waals surface area contributed by atoms with Crippen LogP contribution in [0.25, 0.3) is 0 Å². The Labute approximate surface area is 121 Å². The zero-order valence-corrected chi connectivity index (χ0v) is 12.0. The van der Waals surface area contributed by atoms with Crippen LogP contribution in [0.1, 0.15) is 50.8 Å². The van der Waals surface area contributed by atoms with Crippen LogP contribution in [0.5, 0.6) is 5.88 Å². The molecular formula is C15H17F3N2O. The van der Waals surface area contributed by atoms with Crippen molar-refractivity contribution in [2.75, 3.05) is 0 Å². The summed E-state index contributed by atoms with van der Waals surface area (Å²) in [5.74, 6) is -0.211. The average Bonchev–Trinajstić information content (AvgIpc) is 2.40. The molecule has 0 saturated heterocycles. The second kappa shape index (κ2) is 5.55. The van der Waals surface area contributed by atoms with Crippen molar-refractivity contribution < 1.29 is 17.9 Å². The summed E-state index contributed by atoms with van der Waals surface area (Å²) in [6.07, 6.45) is -1.32. The molecule has 0 radical (unpaired) electrons. The van der Waals surface area contributed by atoms with Crippen LogP contribution < -0.4 is 4.74 Å². The molecule has 2 rings (SSSR count). The van der Waals surface area contributed by atoms with E-state index in [1.54, 1.807) is 0 Å². The Morgan fingerprint density at radius 2 is 1.90 bits per heavy atom. The lowest BCUT2D eigenvalue weighted by Gasteiger charge is -2.34. The van der Waals surface area contributed by atoms with Crippen LogP contribution in [0, 0.1) is 16.7 Å². The van der Waals surface area contributed by atoms with E-state index in [9.17, 15) is 13.2 Å². The molecule has 0 atom stereocenters. The summed E-state index contributed by atoms with van der Waals surface area (Å²) in [6.45, 7) is 4.32. The topological polar surface area (TPSA) is 45.9 Å². The fourth-order valence-corrected chi connectivity index (χ4v) is 2.42. The van der Waals surface area contributed by atoms with Gasteiger partial charge in [-0.3, -0.25) is 0 Å². The van der Waals surface area contributed by atoms with Crippen molar-refractivity contribution in [1.82, 2.24) is 4.98 Å². The fraction of sp³-hybridized carbons (Fsp3) is 0.600. The van der Waals surface area contributed by atoms with Gasteiger partial charge >= 0.3 is 6.18 Å². The summed E-state index contributed by atoms with van der Waals surface area (Å²) >= 11 is 0. The molecule has 1 aromatic heterocycles. The first-order valence-corrected chi connectivity index (χ1v) is 6.86. The zero-order valence-electron chi connectivity index (χ0n) is 12.0. The Balaban J connectivity index is 2.17. The lowest BCUT2D eigenvalue weighted by Crippen LogP contribution is -2.29. The summed E-state index contributed by atoms with van der Waals surface area (Å²) in [5, 5.41) is 8.97. The van der Waals surface area contributed by atoms with Crippen molar-refractivity contribution in [1.29, 1.82) is 5.26 Å². The predicted octanol–water partition coefficient (Wildman–Crippen LogP) is 4.32. The molecule has 1 saturated carbocycles. The van der Waals surface area contributed by atoms with Crippen LogP contribution >= 0.6 is 0 Å². The van der Waals surface area contributed by atoms with Crippen LogP contribution in [0.15, 0.2) is 12.1 Å². The molecule has 1 fully saturated rings. The van der Waals surface area contributed by atoms with Crippen molar-refractivity contribution in [3.05, 3.63) is 23.4 Å². The summed E-state index contributed by atoms with van der Waals surface area (Å²) in [4.78, 5) is 3.48. The molecule has 1 aromatic rings. The van der Waals surface area contributed by atoms with Gasteiger partial charge < -0.3 is 4.74 Å². The number of ether oxygens (including phenoxy) is 1. The number of rotatable bonds is 2. The molecule has 21 heavy (non-hydrogen) atoms. The van der Waals surface area contributed by atoms with Crippen LogP contribution in [-0.4, -0.2) is 11.1 Å². The third-order valence-corrected chi connectivity index (χ3v) is 3.84. The zero-order chi connectivity index (χ0) is 15.7. The van der Waals surface area contributed by atoms with Crippen molar-refractivity contribution >= 4 is 0 Å². The Kier molecular flexibility index (Phi) is 4.13. The molecular weight excluding hydrogens is 281 g/mol. The Hall–Kier alpha value is -1.77. The van der Waals surface area contributed by atoms with Crippen molar-refractivity contribution in [2.45, 2.75) is 51.8 Å². The predicted molar refractivity (Wildman–Crippen MR) is 70.6 cm³/mol. The van der Waals surface area contributed by atoms with E-state index in [0.29, 0.717) is 0 Å². The van der Waals surface area contributed by atoms with E-state index in [-0.39, 0.29) is 23.0 Å². The van der Waals surface area contributed by atoms with E-state index in [1.807, 2.05) is 6.07 Å². The van der Waals surface area contributed by atoms with Gasteiger partial charge in [-0.15, -0.1) is 0 Å². The molecule has 0 amide bonds. The minimum atomic E-state index is -4.54. The number of hydrogen-bond donors (Lipinski definition) is 0. The van der Waals surface area contributed by atoms with Crippen molar-refractivity contribution in [3.8, 4) is 11.9 Å². The van der Waals surface area contributed by atoms with Gasteiger partial charge in [-0.1, -0.05) is 13.8 Å². The first-order valence-electron chi connectivity index (χ1n) is 6.86. The molecule has 114 valence electrons. The second-order valence-corrected chi connectivity index (χ2v) is 6.14. The highest BCUT2D eigenvalue weighted by Gasteiger charge is 2.34. The van der Waals surface area contributed by atoms with Crippen LogP contribution in [0.4, 0.5) is 13.2 Å². The monoisotopic (exact) mass is 298 g/mol. The van der Waals surface area contributed by atoms with Gasteiger partial charge in [0.15, 0.2) is 0 Å². The molecule has 0 aromatic carbocycles. The van der Waals surface area contributed by atoms with Gasteiger partial charge in [0.05, 0.1) is 0 Å². The number of nitrogens with zero attached hydrogens (tertiary/aromatic N) is 2. The number of aromatic nitrogens is 1. The fourth-order valence-electron chi connectivity index (χ4n) is 2.42. The number of nitriles is 1. The van der Waals surface area contributed by atoms with E-state index in [4.69, 9.17) is 10.00 Å². The quantitative estimate of drug-likeness (QED) is 0.817. The summed E-state index contributed by atoms with van der Waals surface area (Å²) in [7, 11) is 0. The van der Waals surface area contributed by atoms with E-state index >= 15 is 0 Å². The normalized spacial score (nSPS) is 19.0. The molecule has 0 spiro atoms. The lowest BCUT2D eigenvalue weighted by molar-refractivity contribution is -0.141. The molecule has 1 heterocycles. The van der Waals surface area contributed by atoms with Gasteiger partial charge in [-0.25, -0.2) is 4.98 Å². The highest BCUT2D eigenvalue weighted by Crippen LogP contribution is 2.37. The average molecular weight is 298 g/mol. The second-order valence-electron chi connectivity index (χ2n) is 6.14. The van der Waals surface area contributed by atoms with Crippen LogP contribution in [-0.2, 0) is 6.18 Å². The lowest BCUT2D eigenvalue weighted by atomic mass is 9.76. The highest BCUT2D eigenvalue weighted by molar-refractivity contribution is 5.39. The van der Waals surface area contributed by atoms with E-state index in [1.165, 1.54) is 0 Å². The van der Waals surface area contributed by atoms with Gasteiger partial charge in [0.25, 0.3) is 0 Å². The Morgan fingerprint density at radius 1 is 1.29 bits per heavy atom. The van der Waals surface area contributed by atoms with Crippen molar-refractivity contribution in [2.24, 2.45) is 5.41 Å². The molecule has 3 nitrogen and oxygen atoms in total. The first kappa shape index (κ1) is 15.6. The standard InChI is InChI=1S/C15H17F3N2O/c1-14(2)7-5-11(6-8-14)21-13-10(9-19)3-4-12(20-13)15(16,17)18/h3-4,11H,5-8H2,1-2H3. The minimum absolute atomic E-state index is 0.0350. The molecule has 0 bridgehead atoms. The van der Waals surface area contributed by atoms with Crippen LogP contribution in [0.2, 0.25) is 0 Å². The van der Waals surface area contributed by atoms with Gasteiger partial charge in [-0.2, -0.15) is 18.4 Å². The number of pyridine rings is 1. The number of hydrogen-bond acceptors (Lipinski definition) is 3. The van der Waals surface area contributed by atoms with E-state index in [2.05, 4.69) is 18.8 Å². The molecule has 1 aliphatic carbocycles. The van der Waals surface area contributed by atoms with Gasteiger partial charge in [0, 0.05) is 0 Å². The smallest absolute Gasteiger partial charge is 0.433 e. The summed E-state index contributed by atoms with van der Waals surface area (Å²) < 4.78 is 43.6. The maximum atomic E-state index is 12.7. The largest absolute Gasteiger partial charge is 0.473 e. The Bertz CT molecular complexity index is 551. The third-order valence-electron chi connectivity index (χ3n) is 3.84. The summed E-state index contributed by atoms with van der Waals surface area (Å²) in [6, 6.07) is 3.74. The van der Waals surface area contributed by atoms with E-state index < -0.39 is 11.9 Å².